The van der Waals surface area contributed by atoms with Crippen molar-refractivity contribution in [3.05, 3.63) is 55.9 Å². The summed E-state index contributed by atoms with van der Waals surface area (Å²) in [6.07, 6.45) is 4.63. The molecule has 2 fully saturated rings. The van der Waals surface area contributed by atoms with Crippen LogP contribution in [0.2, 0.25) is 5.02 Å². The molecule has 0 radical (unpaired) electrons. The second kappa shape index (κ2) is 8.34. The summed E-state index contributed by atoms with van der Waals surface area (Å²) in [5.74, 6) is -0.234. The summed E-state index contributed by atoms with van der Waals surface area (Å²) in [6.45, 7) is 1.43. The van der Waals surface area contributed by atoms with Crippen molar-refractivity contribution in [2.45, 2.75) is 30.9 Å². The van der Waals surface area contributed by atoms with Gasteiger partial charge in [-0.15, -0.1) is 0 Å². The van der Waals surface area contributed by atoms with E-state index >= 15 is 0 Å². The number of hydrogen-bond donors (Lipinski definition) is 3. The SMILES string of the molecule is Cn1cc(C(=O)N2CC(O)([C@@H]3CCCCN3)C2)c(Nc2ccc(Br)cc2Cl)cc1=O. The van der Waals surface area contributed by atoms with Gasteiger partial charge in [-0.3, -0.25) is 9.59 Å². The van der Waals surface area contributed by atoms with Gasteiger partial charge in [0.25, 0.3) is 11.5 Å². The van der Waals surface area contributed by atoms with Crippen LogP contribution in [0.25, 0.3) is 0 Å². The van der Waals surface area contributed by atoms with Crippen molar-refractivity contribution in [1.29, 1.82) is 0 Å². The number of halogens is 2. The number of amides is 1. The van der Waals surface area contributed by atoms with Crippen molar-refractivity contribution < 1.29 is 9.90 Å². The fourth-order valence-electron chi connectivity index (χ4n) is 4.10. The molecule has 30 heavy (non-hydrogen) atoms. The molecule has 1 aromatic heterocycles. The molecule has 160 valence electrons. The Kier molecular flexibility index (Phi) is 5.94. The Labute approximate surface area is 188 Å². The summed E-state index contributed by atoms with van der Waals surface area (Å²) >= 11 is 9.66. The van der Waals surface area contributed by atoms with Crippen LogP contribution in [0.3, 0.4) is 0 Å². The summed E-state index contributed by atoms with van der Waals surface area (Å²) in [6, 6.07) is 6.73. The third-order valence-corrected chi connectivity index (χ3v) is 6.64. The van der Waals surface area contributed by atoms with Crippen LogP contribution in [0, 0.1) is 0 Å². The molecule has 7 nitrogen and oxygen atoms in total. The lowest BCUT2D eigenvalue weighted by molar-refractivity contribution is -0.108. The molecule has 2 aliphatic rings. The maximum Gasteiger partial charge on any atom is 0.257 e. The van der Waals surface area contributed by atoms with Crippen molar-refractivity contribution in [2.24, 2.45) is 7.05 Å². The zero-order valence-corrected chi connectivity index (χ0v) is 19.0. The number of piperidine rings is 1. The Hall–Kier alpha value is -1.87. The number of carbonyl (C=O) groups is 1. The summed E-state index contributed by atoms with van der Waals surface area (Å²) < 4.78 is 2.20. The lowest BCUT2D eigenvalue weighted by atomic mass is 9.81. The van der Waals surface area contributed by atoms with E-state index in [0.717, 1.165) is 30.3 Å². The number of aryl methyl sites for hydroxylation is 1. The Morgan fingerprint density at radius 2 is 2.07 bits per heavy atom. The maximum atomic E-state index is 13.2. The van der Waals surface area contributed by atoms with Crippen molar-refractivity contribution in [3.8, 4) is 0 Å². The highest BCUT2D eigenvalue weighted by Gasteiger charge is 2.49. The summed E-state index contributed by atoms with van der Waals surface area (Å²) in [5, 5.41) is 17.9. The first-order valence-corrected chi connectivity index (χ1v) is 11.1. The number of anilines is 2. The third kappa shape index (κ3) is 4.14. The average molecular weight is 496 g/mol. The number of hydrogen-bond acceptors (Lipinski definition) is 5. The maximum absolute atomic E-state index is 13.2. The van der Waals surface area contributed by atoms with E-state index in [4.69, 9.17) is 11.6 Å². The molecule has 3 N–H and O–H groups in total. The number of nitrogens with zero attached hydrogens (tertiary/aromatic N) is 2. The Bertz CT molecular complexity index is 1030. The molecule has 0 aliphatic carbocycles. The lowest BCUT2D eigenvalue weighted by Gasteiger charge is -2.51. The van der Waals surface area contributed by atoms with Crippen LogP contribution in [0.1, 0.15) is 29.6 Å². The number of likely N-dealkylation sites (tertiary alicyclic amines) is 1. The molecule has 4 rings (SSSR count). The van der Waals surface area contributed by atoms with E-state index in [2.05, 4.69) is 26.6 Å². The first-order valence-electron chi connectivity index (χ1n) is 9.95. The van der Waals surface area contributed by atoms with E-state index in [9.17, 15) is 14.7 Å². The van der Waals surface area contributed by atoms with E-state index in [1.165, 1.54) is 16.8 Å². The number of carbonyl (C=O) groups excluding carboxylic acids is 1. The highest BCUT2D eigenvalue weighted by molar-refractivity contribution is 9.10. The van der Waals surface area contributed by atoms with Crippen LogP contribution in [0.15, 0.2) is 39.7 Å². The minimum Gasteiger partial charge on any atom is -0.385 e. The van der Waals surface area contributed by atoms with Crippen molar-refractivity contribution in [2.75, 3.05) is 25.0 Å². The molecule has 0 unspecified atom stereocenters. The van der Waals surface area contributed by atoms with Gasteiger partial charge >= 0.3 is 0 Å². The van der Waals surface area contributed by atoms with Gasteiger partial charge in [0.05, 0.1) is 35.1 Å². The molecular weight excluding hydrogens is 472 g/mol. The monoisotopic (exact) mass is 494 g/mol. The quantitative estimate of drug-likeness (QED) is 0.607. The number of pyridine rings is 1. The van der Waals surface area contributed by atoms with Gasteiger partial charge in [0.1, 0.15) is 5.60 Å². The first-order chi connectivity index (χ1) is 14.3. The van der Waals surface area contributed by atoms with Crippen molar-refractivity contribution >= 4 is 44.8 Å². The smallest absolute Gasteiger partial charge is 0.257 e. The van der Waals surface area contributed by atoms with Gasteiger partial charge in [0, 0.05) is 29.8 Å². The number of nitrogens with one attached hydrogen (secondary N) is 2. The van der Waals surface area contributed by atoms with E-state index in [1.807, 2.05) is 6.07 Å². The molecule has 0 bridgehead atoms. The minimum atomic E-state index is -0.903. The molecule has 0 saturated carbocycles. The Morgan fingerprint density at radius 3 is 2.73 bits per heavy atom. The van der Waals surface area contributed by atoms with Gasteiger partial charge in [-0.1, -0.05) is 34.0 Å². The van der Waals surface area contributed by atoms with Crippen molar-refractivity contribution in [1.82, 2.24) is 14.8 Å². The Morgan fingerprint density at radius 1 is 1.30 bits per heavy atom. The predicted molar refractivity (Wildman–Crippen MR) is 121 cm³/mol. The largest absolute Gasteiger partial charge is 0.385 e. The van der Waals surface area contributed by atoms with Gasteiger partial charge < -0.3 is 25.2 Å². The zero-order chi connectivity index (χ0) is 21.5. The molecule has 9 heteroatoms. The molecule has 2 aromatic rings. The lowest BCUT2D eigenvalue weighted by Crippen LogP contribution is -2.72. The highest BCUT2D eigenvalue weighted by Crippen LogP contribution is 2.33. The normalized spacial score (nSPS) is 20.5. The van der Waals surface area contributed by atoms with E-state index in [-0.39, 0.29) is 30.6 Å². The van der Waals surface area contributed by atoms with Gasteiger partial charge in [-0.05, 0) is 37.6 Å². The molecule has 3 heterocycles. The molecule has 0 spiro atoms. The van der Waals surface area contributed by atoms with Gasteiger partial charge in [-0.25, -0.2) is 0 Å². The van der Waals surface area contributed by atoms with Crippen LogP contribution in [-0.2, 0) is 7.05 Å². The first kappa shape index (κ1) is 21.4. The summed E-state index contributed by atoms with van der Waals surface area (Å²) in [5.41, 5.74) is 0.190. The van der Waals surface area contributed by atoms with E-state index < -0.39 is 5.60 Å². The molecule has 1 aromatic carbocycles. The number of aromatic nitrogens is 1. The third-order valence-electron chi connectivity index (χ3n) is 5.83. The Balaban J connectivity index is 1.57. The van der Waals surface area contributed by atoms with Crippen LogP contribution in [0.5, 0.6) is 0 Å². The number of aliphatic hydroxyl groups is 1. The standard InChI is InChI=1S/C21H24BrClN4O3/c1-26-10-14(17(9-19(26)28)25-16-6-5-13(22)8-15(16)23)20(29)27-11-21(30,12-27)18-4-2-3-7-24-18/h5-6,8-10,18,24-25,30H,2-4,7,11-12H2,1H3/t18-/m0/s1. The van der Waals surface area contributed by atoms with Crippen LogP contribution >= 0.6 is 27.5 Å². The van der Waals surface area contributed by atoms with E-state index in [0.29, 0.717) is 22.0 Å². The number of β-amino-alcohol motifs (C(OH)–C–C–N with tert-alkyl or cyclic N) is 1. The highest BCUT2D eigenvalue weighted by atomic mass is 79.9. The van der Waals surface area contributed by atoms with Crippen LogP contribution < -0.4 is 16.2 Å². The fraction of sp³-hybridized carbons (Fsp3) is 0.429. The van der Waals surface area contributed by atoms with Gasteiger partial charge in [0.2, 0.25) is 0 Å². The average Bonchev–Trinajstić information content (AvgIpc) is 2.70. The zero-order valence-electron chi connectivity index (χ0n) is 16.6. The molecular formula is C21H24BrClN4O3. The fourth-order valence-corrected chi connectivity index (χ4v) is 4.82. The number of rotatable bonds is 4. The minimum absolute atomic E-state index is 0.00889. The molecule has 2 aliphatic heterocycles. The molecule has 1 atom stereocenters. The van der Waals surface area contributed by atoms with Crippen molar-refractivity contribution in [3.63, 3.8) is 0 Å². The van der Waals surface area contributed by atoms with Gasteiger partial charge in [-0.2, -0.15) is 0 Å². The molecule has 2 saturated heterocycles. The predicted octanol–water partition coefficient (Wildman–Crippen LogP) is 2.87. The second-order valence-corrected chi connectivity index (χ2v) is 9.39. The summed E-state index contributed by atoms with van der Waals surface area (Å²) in [4.78, 5) is 27.0. The van der Waals surface area contributed by atoms with Crippen LogP contribution in [0.4, 0.5) is 11.4 Å². The summed E-state index contributed by atoms with van der Waals surface area (Å²) in [7, 11) is 1.61. The molecule has 1 amide bonds. The van der Waals surface area contributed by atoms with E-state index in [1.54, 1.807) is 24.1 Å². The van der Waals surface area contributed by atoms with Gasteiger partial charge in [0.15, 0.2) is 0 Å². The topological polar surface area (TPSA) is 86.6 Å². The van der Waals surface area contributed by atoms with Crippen LogP contribution in [-0.4, -0.2) is 51.8 Å². The number of benzene rings is 1. The second-order valence-electron chi connectivity index (χ2n) is 8.07.